The standard InChI is InChI=1S/C15H22N4O/c20-15-17-8-12-19(15)14-4-2-1-3-13(14)5-9-18-10-6-16-7-11-18/h1-4,16H,5-12H2,(H,17,20). The topological polar surface area (TPSA) is 47.6 Å². The van der Waals surface area contributed by atoms with Crippen LogP contribution in [0.25, 0.3) is 0 Å². The number of urea groups is 1. The third kappa shape index (κ3) is 2.94. The highest BCUT2D eigenvalue weighted by Crippen LogP contribution is 2.22. The lowest BCUT2D eigenvalue weighted by Gasteiger charge is -2.28. The van der Waals surface area contributed by atoms with Crippen molar-refractivity contribution in [1.29, 1.82) is 0 Å². The largest absolute Gasteiger partial charge is 0.336 e. The van der Waals surface area contributed by atoms with Gasteiger partial charge in [-0.2, -0.15) is 0 Å². The molecule has 0 bridgehead atoms. The molecule has 0 aromatic heterocycles. The fourth-order valence-corrected chi connectivity index (χ4v) is 2.90. The number of hydrogen-bond acceptors (Lipinski definition) is 3. The number of rotatable bonds is 4. The van der Waals surface area contributed by atoms with Crippen LogP contribution < -0.4 is 15.5 Å². The molecule has 2 aliphatic heterocycles. The molecule has 2 N–H and O–H groups in total. The highest BCUT2D eigenvalue weighted by molar-refractivity contribution is 5.94. The number of anilines is 1. The molecule has 2 fully saturated rings. The first-order chi connectivity index (χ1) is 9.84. The average molecular weight is 274 g/mol. The van der Waals surface area contributed by atoms with E-state index >= 15 is 0 Å². The predicted octanol–water partition coefficient (Wildman–Crippen LogP) is 0.664. The fourth-order valence-electron chi connectivity index (χ4n) is 2.90. The molecule has 3 rings (SSSR count). The van der Waals surface area contributed by atoms with Crippen LogP contribution in [0.3, 0.4) is 0 Å². The van der Waals surface area contributed by atoms with Gasteiger partial charge in [-0.05, 0) is 18.1 Å². The van der Waals surface area contributed by atoms with Crippen LogP contribution in [0.4, 0.5) is 10.5 Å². The molecule has 20 heavy (non-hydrogen) atoms. The lowest BCUT2D eigenvalue weighted by Crippen LogP contribution is -2.44. The second-order valence-corrected chi connectivity index (χ2v) is 5.35. The first-order valence-corrected chi connectivity index (χ1v) is 7.41. The molecule has 108 valence electrons. The third-order valence-electron chi connectivity index (χ3n) is 4.05. The first kappa shape index (κ1) is 13.4. The molecule has 1 aromatic rings. The molecule has 5 heteroatoms. The number of hydrogen-bond donors (Lipinski definition) is 2. The number of carbonyl (C=O) groups is 1. The lowest BCUT2D eigenvalue weighted by molar-refractivity contribution is 0.244. The predicted molar refractivity (Wildman–Crippen MR) is 80.2 cm³/mol. The molecule has 0 saturated carbocycles. The average Bonchev–Trinajstić information content (AvgIpc) is 2.92. The summed E-state index contributed by atoms with van der Waals surface area (Å²) in [5, 5.41) is 6.24. The fraction of sp³-hybridized carbons (Fsp3) is 0.533. The summed E-state index contributed by atoms with van der Waals surface area (Å²) in [4.78, 5) is 16.2. The van der Waals surface area contributed by atoms with Crippen molar-refractivity contribution in [2.24, 2.45) is 0 Å². The van der Waals surface area contributed by atoms with Crippen LogP contribution in [-0.2, 0) is 6.42 Å². The zero-order chi connectivity index (χ0) is 13.8. The van der Waals surface area contributed by atoms with Crippen molar-refractivity contribution in [3.8, 4) is 0 Å². The Hall–Kier alpha value is -1.59. The van der Waals surface area contributed by atoms with Crippen LogP contribution in [0.5, 0.6) is 0 Å². The summed E-state index contributed by atoms with van der Waals surface area (Å²) in [6.45, 7) is 6.97. The van der Waals surface area contributed by atoms with Crippen LogP contribution in [0.1, 0.15) is 5.56 Å². The molecular formula is C15H22N4O. The van der Waals surface area contributed by atoms with E-state index in [2.05, 4.69) is 33.7 Å². The summed E-state index contributed by atoms with van der Waals surface area (Å²) >= 11 is 0. The van der Waals surface area contributed by atoms with Gasteiger partial charge in [-0.25, -0.2) is 4.79 Å². The minimum absolute atomic E-state index is 0.0274. The summed E-state index contributed by atoms with van der Waals surface area (Å²) in [7, 11) is 0. The smallest absolute Gasteiger partial charge is 0.322 e. The van der Waals surface area contributed by atoms with Crippen LogP contribution >= 0.6 is 0 Å². The Morgan fingerprint density at radius 2 is 1.85 bits per heavy atom. The van der Waals surface area contributed by atoms with Crippen molar-refractivity contribution >= 4 is 11.7 Å². The molecule has 1 aromatic carbocycles. The number of para-hydroxylation sites is 1. The zero-order valence-electron chi connectivity index (χ0n) is 11.8. The van der Waals surface area contributed by atoms with E-state index in [9.17, 15) is 4.79 Å². The molecule has 5 nitrogen and oxygen atoms in total. The van der Waals surface area contributed by atoms with Gasteiger partial charge in [0.15, 0.2) is 0 Å². The quantitative estimate of drug-likeness (QED) is 0.848. The maximum atomic E-state index is 11.8. The van der Waals surface area contributed by atoms with Gasteiger partial charge < -0.3 is 15.5 Å². The van der Waals surface area contributed by atoms with E-state index in [0.717, 1.165) is 57.9 Å². The van der Waals surface area contributed by atoms with Crippen molar-refractivity contribution in [3.05, 3.63) is 29.8 Å². The summed E-state index contributed by atoms with van der Waals surface area (Å²) in [5.41, 5.74) is 2.33. The summed E-state index contributed by atoms with van der Waals surface area (Å²) in [6.07, 6.45) is 1.000. The number of carbonyl (C=O) groups excluding carboxylic acids is 1. The number of amides is 2. The molecule has 0 radical (unpaired) electrons. The Morgan fingerprint density at radius 3 is 2.60 bits per heavy atom. The van der Waals surface area contributed by atoms with E-state index in [-0.39, 0.29) is 6.03 Å². The number of nitrogens with one attached hydrogen (secondary N) is 2. The molecule has 2 heterocycles. The van der Waals surface area contributed by atoms with Crippen molar-refractivity contribution < 1.29 is 4.79 Å². The normalized spacial score (nSPS) is 20.2. The van der Waals surface area contributed by atoms with Crippen LogP contribution in [0.2, 0.25) is 0 Å². The molecule has 2 saturated heterocycles. The van der Waals surface area contributed by atoms with Gasteiger partial charge in [-0.1, -0.05) is 18.2 Å². The molecule has 0 spiro atoms. The maximum absolute atomic E-state index is 11.8. The van der Waals surface area contributed by atoms with Gasteiger partial charge in [0.05, 0.1) is 0 Å². The van der Waals surface area contributed by atoms with Gasteiger partial charge in [0.1, 0.15) is 0 Å². The Balaban J connectivity index is 1.67. The van der Waals surface area contributed by atoms with E-state index in [1.807, 2.05) is 11.0 Å². The molecule has 0 unspecified atom stereocenters. The van der Waals surface area contributed by atoms with E-state index in [1.165, 1.54) is 5.56 Å². The maximum Gasteiger partial charge on any atom is 0.322 e. The first-order valence-electron chi connectivity index (χ1n) is 7.41. The second kappa shape index (κ2) is 6.24. The third-order valence-corrected chi connectivity index (χ3v) is 4.05. The second-order valence-electron chi connectivity index (χ2n) is 5.35. The van der Waals surface area contributed by atoms with Crippen LogP contribution in [-0.4, -0.2) is 56.7 Å². The molecule has 2 amide bonds. The van der Waals surface area contributed by atoms with Gasteiger partial charge in [-0.15, -0.1) is 0 Å². The molecule has 2 aliphatic rings. The highest BCUT2D eigenvalue weighted by atomic mass is 16.2. The van der Waals surface area contributed by atoms with Crippen LogP contribution in [0.15, 0.2) is 24.3 Å². The Bertz CT molecular complexity index is 471. The summed E-state index contributed by atoms with van der Waals surface area (Å²) in [5.74, 6) is 0. The van der Waals surface area contributed by atoms with Gasteiger partial charge >= 0.3 is 6.03 Å². The van der Waals surface area contributed by atoms with Crippen molar-refractivity contribution in [1.82, 2.24) is 15.5 Å². The van der Waals surface area contributed by atoms with Gasteiger partial charge in [0.25, 0.3) is 0 Å². The molecule has 0 atom stereocenters. The molecular weight excluding hydrogens is 252 g/mol. The Morgan fingerprint density at radius 1 is 1.05 bits per heavy atom. The van der Waals surface area contributed by atoms with Gasteiger partial charge in [-0.3, -0.25) is 4.90 Å². The Kier molecular flexibility index (Phi) is 4.18. The van der Waals surface area contributed by atoms with Crippen LogP contribution in [0, 0.1) is 0 Å². The highest BCUT2D eigenvalue weighted by Gasteiger charge is 2.23. The van der Waals surface area contributed by atoms with Gasteiger partial charge in [0.2, 0.25) is 0 Å². The number of nitrogens with zero attached hydrogens (tertiary/aromatic N) is 2. The zero-order valence-corrected chi connectivity index (χ0v) is 11.8. The number of benzene rings is 1. The minimum Gasteiger partial charge on any atom is -0.336 e. The Labute approximate surface area is 119 Å². The van der Waals surface area contributed by atoms with Gasteiger partial charge in [0, 0.05) is 51.5 Å². The van der Waals surface area contributed by atoms with E-state index in [1.54, 1.807) is 0 Å². The lowest BCUT2D eigenvalue weighted by atomic mass is 10.1. The monoisotopic (exact) mass is 274 g/mol. The summed E-state index contributed by atoms with van der Waals surface area (Å²) < 4.78 is 0. The van der Waals surface area contributed by atoms with Crippen molar-refractivity contribution in [2.75, 3.05) is 50.7 Å². The minimum atomic E-state index is 0.0274. The SMILES string of the molecule is O=C1NCCN1c1ccccc1CCN1CCNCC1. The van der Waals surface area contributed by atoms with Crippen molar-refractivity contribution in [2.45, 2.75) is 6.42 Å². The summed E-state index contributed by atoms with van der Waals surface area (Å²) in [6, 6.07) is 8.29. The van der Waals surface area contributed by atoms with E-state index in [0.29, 0.717) is 0 Å². The number of piperazine rings is 1. The van der Waals surface area contributed by atoms with E-state index < -0.39 is 0 Å². The van der Waals surface area contributed by atoms with E-state index in [4.69, 9.17) is 0 Å². The van der Waals surface area contributed by atoms with Crippen molar-refractivity contribution in [3.63, 3.8) is 0 Å². The molecule has 0 aliphatic carbocycles.